The first kappa shape index (κ1) is 15.0. The molecule has 4 heteroatoms. The lowest BCUT2D eigenvalue weighted by Gasteiger charge is -2.25. The number of nitrogens with one attached hydrogen (secondary N) is 1. The van der Waals surface area contributed by atoms with Gasteiger partial charge in [0.25, 0.3) is 0 Å². The van der Waals surface area contributed by atoms with Gasteiger partial charge < -0.3 is 11.1 Å². The second-order valence-corrected chi connectivity index (χ2v) is 5.61. The summed E-state index contributed by atoms with van der Waals surface area (Å²) >= 11 is 0. The lowest BCUT2D eigenvalue weighted by Crippen LogP contribution is -2.35. The van der Waals surface area contributed by atoms with Gasteiger partial charge in [-0.3, -0.25) is 4.79 Å². The molecular weight excluding hydrogens is 267 g/mol. The number of anilines is 2. The van der Waals surface area contributed by atoms with E-state index >= 15 is 0 Å². The van der Waals surface area contributed by atoms with E-state index in [1.54, 1.807) is 31.2 Å². The number of benzene rings is 2. The van der Waals surface area contributed by atoms with Gasteiger partial charge >= 0.3 is 0 Å². The van der Waals surface area contributed by atoms with E-state index < -0.39 is 5.41 Å². The van der Waals surface area contributed by atoms with Crippen molar-refractivity contribution in [2.24, 2.45) is 0 Å². The quantitative estimate of drug-likeness (QED) is 0.846. The van der Waals surface area contributed by atoms with Crippen molar-refractivity contribution >= 4 is 17.3 Å². The Morgan fingerprint density at radius 3 is 2.38 bits per heavy atom. The van der Waals surface area contributed by atoms with Gasteiger partial charge in [0.15, 0.2) is 0 Å². The second-order valence-electron chi connectivity index (χ2n) is 5.61. The molecule has 0 atom stereocenters. The van der Waals surface area contributed by atoms with Crippen molar-refractivity contribution in [3.8, 4) is 0 Å². The number of nitrogens with two attached hydrogens (primary N) is 1. The summed E-state index contributed by atoms with van der Waals surface area (Å²) in [6, 6.07) is 11.8. The normalized spacial score (nSPS) is 11.2. The summed E-state index contributed by atoms with van der Waals surface area (Å²) in [5.41, 5.74) is 7.34. The Morgan fingerprint density at radius 2 is 1.76 bits per heavy atom. The minimum Gasteiger partial charge on any atom is -0.399 e. The molecule has 1 amide bonds. The van der Waals surface area contributed by atoms with Crippen LogP contribution in [-0.2, 0) is 10.2 Å². The van der Waals surface area contributed by atoms with Crippen LogP contribution in [0.25, 0.3) is 0 Å². The number of hydrogen-bond acceptors (Lipinski definition) is 2. The fourth-order valence-corrected chi connectivity index (χ4v) is 2.05. The Morgan fingerprint density at radius 1 is 1.14 bits per heavy atom. The third-order valence-corrected chi connectivity index (χ3v) is 3.72. The number of carbonyl (C=O) groups is 1. The maximum Gasteiger partial charge on any atom is 0.234 e. The van der Waals surface area contributed by atoms with Crippen LogP contribution < -0.4 is 11.1 Å². The predicted octanol–water partition coefficient (Wildman–Crippen LogP) is 3.63. The smallest absolute Gasteiger partial charge is 0.234 e. The lowest BCUT2D eigenvalue weighted by atomic mass is 9.83. The highest BCUT2D eigenvalue weighted by molar-refractivity contribution is 5.99. The van der Waals surface area contributed by atoms with Crippen LogP contribution in [0.5, 0.6) is 0 Å². The molecule has 0 fully saturated rings. The van der Waals surface area contributed by atoms with E-state index in [2.05, 4.69) is 5.32 Å². The summed E-state index contributed by atoms with van der Waals surface area (Å²) in [6.45, 7) is 5.28. The van der Waals surface area contributed by atoms with Gasteiger partial charge in [-0.15, -0.1) is 0 Å². The van der Waals surface area contributed by atoms with Gasteiger partial charge in [0.2, 0.25) is 5.91 Å². The highest BCUT2D eigenvalue weighted by atomic mass is 19.1. The maximum absolute atomic E-state index is 13.5. The molecule has 2 aromatic carbocycles. The second kappa shape index (κ2) is 5.56. The average Bonchev–Trinajstić information content (AvgIpc) is 2.44. The largest absolute Gasteiger partial charge is 0.399 e. The zero-order valence-corrected chi connectivity index (χ0v) is 12.4. The molecule has 0 saturated carbocycles. The van der Waals surface area contributed by atoms with Gasteiger partial charge in [-0.05, 0) is 50.6 Å². The zero-order valence-electron chi connectivity index (χ0n) is 12.4. The van der Waals surface area contributed by atoms with Crippen LogP contribution >= 0.6 is 0 Å². The molecule has 0 bridgehead atoms. The van der Waals surface area contributed by atoms with Gasteiger partial charge in [-0.2, -0.15) is 0 Å². The van der Waals surface area contributed by atoms with Gasteiger partial charge in [-0.1, -0.05) is 18.2 Å². The molecule has 3 N–H and O–H groups in total. The fraction of sp³-hybridized carbons (Fsp3) is 0.235. The van der Waals surface area contributed by atoms with Crippen molar-refractivity contribution < 1.29 is 9.18 Å². The molecule has 0 aliphatic carbocycles. The first-order valence-corrected chi connectivity index (χ1v) is 6.75. The molecule has 110 valence electrons. The number of rotatable bonds is 3. The summed E-state index contributed by atoms with van der Waals surface area (Å²) in [6.07, 6.45) is 0. The third kappa shape index (κ3) is 3.05. The van der Waals surface area contributed by atoms with E-state index in [1.807, 2.05) is 26.0 Å². The number of halogens is 1. The van der Waals surface area contributed by atoms with E-state index in [9.17, 15) is 9.18 Å². The molecule has 0 unspecified atom stereocenters. The SMILES string of the molecule is Cc1c(F)cccc1NC(=O)C(C)(C)c1ccc(N)cc1. The number of carbonyl (C=O) groups excluding carboxylic acids is 1. The molecule has 3 nitrogen and oxygen atoms in total. The first-order valence-electron chi connectivity index (χ1n) is 6.75. The summed E-state index contributed by atoms with van der Waals surface area (Å²) in [5, 5.41) is 2.79. The van der Waals surface area contributed by atoms with E-state index in [0.29, 0.717) is 16.9 Å². The Hall–Kier alpha value is -2.36. The number of amides is 1. The Bertz CT molecular complexity index is 663. The molecule has 0 aliphatic heterocycles. The fourth-order valence-electron chi connectivity index (χ4n) is 2.05. The van der Waals surface area contributed by atoms with Crippen molar-refractivity contribution in [1.82, 2.24) is 0 Å². The summed E-state index contributed by atoms with van der Waals surface area (Å²) in [5.74, 6) is -0.529. The number of hydrogen-bond donors (Lipinski definition) is 2. The predicted molar refractivity (Wildman–Crippen MR) is 83.6 cm³/mol. The van der Waals surface area contributed by atoms with Gasteiger partial charge in [0, 0.05) is 16.9 Å². The van der Waals surface area contributed by atoms with Crippen molar-refractivity contribution in [3.63, 3.8) is 0 Å². The Kier molecular flexibility index (Phi) is 3.98. The summed E-state index contributed by atoms with van der Waals surface area (Å²) in [7, 11) is 0. The van der Waals surface area contributed by atoms with Gasteiger partial charge in [-0.25, -0.2) is 4.39 Å². The van der Waals surface area contributed by atoms with Gasteiger partial charge in [0.05, 0.1) is 5.41 Å². The van der Waals surface area contributed by atoms with Crippen LogP contribution in [-0.4, -0.2) is 5.91 Å². The molecule has 21 heavy (non-hydrogen) atoms. The molecule has 2 rings (SSSR count). The maximum atomic E-state index is 13.5. The average molecular weight is 286 g/mol. The van der Waals surface area contributed by atoms with Crippen molar-refractivity contribution in [2.75, 3.05) is 11.1 Å². The van der Waals surface area contributed by atoms with E-state index in [0.717, 1.165) is 5.56 Å². The van der Waals surface area contributed by atoms with E-state index in [1.165, 1.54) is 6.07 Å². The van der Waals surface area contributed by atoms with Crippen LogP contribution in [0.15, 0.2) is 42.5 Å². The van der Waals surface area contributed by atoms with E-state index in [4.69, 9.17) is 5.73 Å². The standard InChI is InChI=1S/C17H19FN2O/c1-11-14(18)5-4-6-15(11)20-16(21)17(2,3)12-7-9-13(19)10-8-12/h4-10H,19H2,1-3H3,(H,20,21). The van der Waals surface area contributed by atoms with Crippen LogP contribution in [0.2, 0.25) is 0 Å². The van der Waals surface area contributed by atoms with Crippen molar-refractivity contribution in [1.29, 1.82) is 0 Å². The minimum absolute atomic E-state index is 0.194. The number of nitrogen functional groups attached to an aromatic ring is 1. The van der Waals surface area contributed by atoms with Crippen LogP contribution in [0.1, 0.15) is 25.0 Å². The van der Waals surface area contributed by atoms with Crippen molar-refractivity contribution in [2.45, 2.75) is 26.2 Å². The van der Waals surface area contributed by atoms with E-state index in [-0.39, 0.29) is 11.7 Å². The van der Waals surface area contributed by atoms with Crippen LogP contribution in [0.4, 0.5) is 15.8 Å². The molecule has 0 saturated heterocycles. The first-order chi connectivity index (χ1) is 9.82. The summed E-state index contributed by atoms with van der Waals surface area (Å²) in [4.78, 5) is 12.5. The molecule has 0 heterocycles. The van der Waals surface area contributed by atoms with Gasteiger partial charge in [0.1, 0.15) is 5.82 Å². The molecule has 2 aromatic rings. The minimum atomic E-state index is -0.744. The highest BCUT2D eigenvalue weighted by Crippen LogP contribution is 2.27. The molecule has 0 aromatic heterocycles. The Balaban J connectivity index is 2.26. The third-order valence-electron chi connectivity index (χ3n) is 3.72. The monoisotopic (exact) mass is 286 g/mol. The molecule has 0 radical (unpaired) electrons. The molecule has 0 aliphatic rings. The highest BCUT2D eigenvalue weighted by Gasteiger charge is 2.30. The summed E-state index contributed by atoms with van der Waals surface area (Å²) < 4.78 is 13.5. The Labute approximate surface area is 124 Å². The zero-order chi connectivity index (χ0) is 15.6. The topological polar surface area (TPSA) is 55.1 Å². The van der Waals surface area contributed by atoms with Crippen LogP contribution in [0.3, 0.4) is 0 Å². The molecule has 0 spiro atoms. The molecular formula is C17H19FN2O. The van der Waals surface area contributed by atoms with Crippen molar-refractivity contribution in [3.05, 3.63) is 59.4 Å². The van der Waals surface area contributed by atoms with Crippen LogP contribution in [0, 0.1) is 12.7 Å². The lowest BCUT2D eigenvalue weighted by molar-refractivity contribution is -0.120.